The van der Waals surface area contributed by atoms with Gasteiger partial charge in [0.15, 0.2) is 5.82 Å². The fourth-order valence-electron chi connectivity index (χ4n) is 1.25. The number of halogens is 2. The first-order chi connectivity index (χ1) is 7.75. The monoisotopic (exact) mass is 301 g/mol. The average Bonchev–Trinajstić information content (AvgIpc) is 2.76. The van der Waals surface area contributed by atoms with Gasteiger partial charge in [0, 0.05) is 16.0 Å². The molecular formula is C9H9BrClN5. The molecule has 0 saturated heterocycles. The summed E-state index contributed by atoms with van der Waals surface area (Å²) in [6.07, 6.45) is 0. The summed E-state index contributed by atoms with van der Waals surface area (Å²) in [5.41, 5.74) is 1.03. The molecule has 2 N–H and O–H groups in total. The third kappa shape index (κ3) is 3.01. The van der Waals surface area contributed by atoms with E-state index in [2.05, 4.69) is 41.9 Å². The third-order valence-electron chi connectivity index (χ3n) is 2.00. The summed E-state index contributed by atoms with van der Waals surface area (Å²) in [6, 6.07) is 5.74. The topological polar surface area (TPSA) is 66.5 Å². The molecule has 1 aromatic heterocycles. The zero-order valence-corrected chi connectivity index (χ0v) is 10.6. The van der Waals surface area contributed by atoms with E-state index < -0.39 is 0 Å². The Balaban J connectivity index is 1.92. The standard InChI is InChI=1S/C9H9BrClN5/c10-7-1-2-8(11)6(3-7)4-12-5-9-13-15-16-14-9/h1-3,12H,4-5H2,(H,13,14,15,16). The highest BCUT2D eigenvalue weighted by Crippen LogP contribution is 2.20. The number of H-pyrrole nitrogens is 1. The Morgan fingerprint density at radius 1 is 1.38 bits per heavy atom. The summed E-state index contributed by atoms with van der Waals surface area (Å²) < 4.78 is 1.01. The first kappa shape index (κ1) is 11.5. The SMILES string of the molecule is Clc1ccc(Br)cc1CNCc1nn[nH]n1. The number of tetrazole rings is 1. The maximum atomic E-state index is 6.05. The largest absolute Gasteiger partial charge is 0.306 e. The van der Waals surface area contributed by atoms with Crippen molar-refractivity contribution < 1.29 is 0 Å². The second-order valence-electron chi connectivity index (χ2n) is 3.17. The van der Waals surface area contributed by atoms with Gasteiger partial charge in [0.25, 0.3) is 0 Å². The molecule has 0 atom stereocenters. The number of hydrogen-bond donors (Lipinski definition) is 2. The molecule has 0 aliphatic rings. The predicted octanol–water partition coefficient (Wildman–Crippen LogP) is 1.91. The van der Waals surface area contributed by atoms with E-state index >= 15 is 0 Å². The number of hydrogen-bond acceptors (Lipinski definition) is 4. The first-order valence-corrected chi connectivity index (χ1v) is 5.80. The molecule has 0 fully saturated rings. The van der Waals surface area contributed by atoms with Gasteiger partial charge in [-0.25, -0.2) is 0 Å². The summed E-state index contributed by atoms with van der Waals surface area (Å²) in [5, 5.41) is 17.5. The molecular weight excluding hydrogens is 293 g/mol. The number of aromatic nitrogens is 4. The number of rotatable bonds is 4. The highest BCUT2D eigenvalue weighted by atomic mass is 79.9. The zero-order chi connectivity index (χ0) is 11.4. The van der Waals surface area contributed by atoms with Crippen molar-refractivity contribution in [3.63, 3.8) is 0 Å². The molecule has 84 valence electrons. The van der Waals surface area contributed by atoms with E-state index in [4.69, 9.17) is 11.6 Å². The van der Waals surface area contributed by atoms with Crippen molar-refractivity contribution >= 4 is 27.5 Å². The zero-order valence-electron chi connectivity index (χ0n) is 8.24. The maximum absolute atomic E-state index is 6.05. The normalized spacial score (nSPS) is 10.6. The van der Waals surface area contributed by atoms with Gasteiger partial charge in [0.05, 0.1) is 6.54 Å². The number of nitrogens with zero attached hydrogens (tertiary/aromatic N) is 3. The van der Waals surface area contributed by atoms with Crippen molar-refractivity contribution in [2.75, 3.05) is 0 Å². The minimum absolute atomic E-state index is 0.555. The fourth-order valence-corrected chi connectivity index (χ4v) is 1.84. The number of nitrogens with one attached hydrogen (secondary N) is 2. The lowest BCUT2D eigenvalue weighted by Crippen LogP contribution is -2.14. The van der Waals surface area contributed by atoms with E-state index in [0.29, 0.717) is 18.9 Å². The Kier molecular flexibility index (Phi) is 3.87. The van der Waals surface area contributed by atoms with Crippen LogP contribution in [0.4, 0.5) is 0 Å². The molecule has 0 aliphatic carbocycles. The minimum Gasteiger partial charge on any atom is -0.306 e. The molecule has 5 nitrogen and oxygen atoms in total. The van der Waals surface area contributed by atoms with Crippen LogP contribution < -0.4 is 5.32 Å². The van der Waals surface area contributed by atoms with E-state index in [0.717, 1.165) is 15.1 Å². The van der Waals surface area contributed by atoms with Crippen molar-refractivity contribution in [3.8, 4) is 0 Å². The van der Waals surface area contributed by atoms with Gasteiger partial charge < -0.3 is 5.32 Å². The van der Waals surface area contributed by atoms with E-state index in [1.54, 1.807) is 0 Å². The molecule has 2 rings (SSSR count). The number of benzene rings is 1. The second kappa shape index (κ2) is 5.38. The van der Waals surface area contributed by atoms with Crippen LogP contribution in [0.25, 0.3) is 0 Å². The van der Waals surface area contributed by atoms with Crippen LogP contribution in [0.1, 0.15) is 11.4 Å². The van der Waals surface area contributed by atoms with Crippen molar-refractivity contribution in [1.82, 2.24) is 25.9 Å². The van der Waals surface area contributed by atoms with Gasteiger partial charge in [0.2, 0.25) is 0 Å². The Morgan fingerprint density at radius 2 is 2.25 bits per heavy atom. The molecule has 0 radical (unpaired) electrons. The highest BCUT2D eigenvalue weighted by molar-refractivity contribution is 9.10. The molecule has 0 amide bonds. The smallest absolute Gasteiger partial charge is 0.188 e. The van der Waals surface area contributed by atoms with Crippen LogP contribution in [0, 0.1) is 0 Å². The van der Waals surface area contributed by atoms with Gasteiger partial charge in [-0.3, -0.25) is 0 Å². The average molecular weight is 303 g/mol. The van der Waals surface area contributed by atoms with Crippen LogP contribution >= 0.6 is 27.5 Å². The molecule has 1 heterocycles. The molecule has 16 heavy (non-hydrogen) atoms. The summed E-state index contributed by atoms with van der Waals surface area (Å²) in [5.74, 6) is 0.631. The molecule has 0 bridgehead atoms. The Bertz CT molecular complexity index is 459. The lowest BCUT2D eigenvalue weighted by molar-refractivity contribution is 0.663. The quantitative estimate of drug-likeness (QED) is 0.905. The van der Waals surface area contributed by atoms with Crippen LogP contribution in [0.2, 0.25) is 5.02 Å². The summed E-state index contributed by atoms with van der Waals surface area (Å²) in [6.45, 7) is 1.21. The van der Waals surface area contributed by atoms with E-state index in [1.807, 2.05) is 18.2 Å². The van der Waals surface area contributed by atoms with E-state index in [9.17, 15) is 0 Å². The van der Waals surface area contributed by atoms with Crippen molar-refractivity contribution in [3.05, 3.63) is 39.1 Å². The van der Waals surface area contributed by atoms with Crippen LogP contribution in [0.3, 0.4) is 0 Å². The second-order valence-corrected chi connectivity index (χ2v) is 4.49. The van der Waals surface area contributed by atoms with Crippen molar-refractivity contribution in [2.24, 2.45) is 0 Å². The van der Waals surface area contributed by atoms with Gasteiger partial charge in [-0.05, 0) is 23.8 Å². The Hall–Kier alpha value is -0.980. The van der Waals surface area contributed by atoms with Crippen molar-refractivity contribution in [2.45, 2.75) is 13.1 Å². The molecule has 0 unspecified atom stereocenters. The van der Waals surface area contributed by atoms with E-state index in [1.165, 1.54) is 0 Å². The van der Waals surface area contributed by atoms with Crippen LogP contribution in [-0.2, 0) is 13.1 Å². The van der Waals surface area contributed by atoms with Gasteiger partial charge in [-0.2, -0.15) is 5.21 Å². The highest BCUT2D eigenvalue weighted by Gasteiger charge is 2.02. The summed E-state index contributed by atoms with van der Waals surface area (Å²) in [7, 11) is 0. The van der Waals surface area contributed by atoms with Crippen molar-refractivity contribution in [1.29, 1.82) is 0 Å². The lowest BCUT2D eigenvalue weighted by Gasteiger charge is -2.05. The maximum Gasteiger partial charge on any atom is 0.188 e. The molecule has 0 saturated carbocycles. The van der Waals surface area contributed by atoms with Gasteiger partial charge in [0.1, 0.15) is 0 Å². The minimum atomic E-state index is 0.555. The van der Waals surface area contributed by atoms with Crippen LogP contribution in [-0.4, -0.2) is 20.6 Å². The number of aromatic amines is 1. The van der Waals surface area contributed by atoms with Gasteiger partial charge >= 0.3 is 0 Å². The Labute approximate surface area is 106 Å². The van der Waals surface area contributed by atoms with Gasteiger partial charge in [-0.15, -0.1) is 10.2 Å². The van der Waals surface area contributed by atoms with Crippen LogP contribution in [0.15, 0.2) is 22.7 Å². The molecule has 7 heteroatoms. The molecule has 1 aromatic carbocycles. The fraction of sp³-hybridized carbons (Fsp3) is 0.222. The predicted molar refractivity (Wildman–Crippen MR) is 63.9 cm³/mol. The molecule has 2 aromatic rings. The first-order valence-electron chi connectivity index (χ1n) is 4.62. The molecule has 0 spiro atoms. The third-order valence-corrected chi connectivity index (χ3v) is 2.86. The lowest BCUT2D eigenvalue weighted by atomic mass is 10.2. The van der Waals surface area contributed by atoms with Gasteiger partial charge in [-0.1, -0.05) is 32.7 Å². The van der Waals surface area contributed by atoms with E-state index in [-0.39, 0.29) is 0 Å². The summed E-state index contributed by atoms with van der Waals surface area (Å²) >= 11 is 9.45. The molecule has 0 aliphatic heterocycles. The summed E-state index contributed by atoms with van der Waals surface area (Å²) in [4.78, 5) is 0. The van der Waals surface area contributed by atoms with Crippen LogP contribution in [0.5, 0.6) is 0 Å². The Morgan fingerprint density at radius 3 is 3.00 bits per heavy atom.